The predicted octanol–water partition coefficient (Wildman–Crippen LogP) is 3.39. The van der Waals surface area contributed by atoms with E-state index in [0.29, 0.717) is 18.2 Å². The van der Waals surface area contributed by atoms with Crippen LogP contribution in [0.5, 0.6) is 0 Å². The highest BCUT2D eigenvalue weighted by molar-refractivity contribution is 5.36. The van der Waals surface area contributed by atoms with Crippen molar-refractivity contribution in [1.29, 1.82) is 0 Å². The summed E-state index contributed by atoms with van der Waals surface area (Å²) < 4.78 is 5.62. The number of benzene rings is 1. The Balaban J connectivity index is 1.55. The third kappa shape index (κ3) is 2.85. The summed E-state index contributed by atoms with van der Waals surface area (Å²) in [5, 5.41) is 3.73. The van der Waals surface area contributed by atoms with Gasteiger partial charge in [-0.1, -0.05) is 18.2 Å². The molecule has 1 fully saturated rings. The molecule has 1 saturated carbocycles. The summed E-state index contributed by atoms with van der Waals surface area (Å²) in [6.45, 7) is 5.20. The summed E-state index contributed by atoms with van der Waals surface area (Å²) in [7, 11) is 0. The molecule has 0 aromatic heterocycles. The Morgan fingerprint density at radius 2 is 2.05 bits per heavy atom. The van der Waals surface area contributed by atoms with E-state index in [0.717, 1.165) is 6.61 Å². The van der Waals surface area contributed by atoms with Gasteiger partial charge in [0.25, 0.3) is 0 Å². The quantitative estimate of drug-likeness (QED) is 0.875. The molecule has 0 heterocycles. The van der Waals surface area contributed by atoms with Gasteiger partial charge < -0.3 is 10.1 Å². The minimum absolute atomic E-state index is 0.457. The maximum Gasteiger partial charge on any atom is 0.0604 e. The Bertz CT molecular complexity index is 437. The Morgan fingerprint density at radius 3 is 2.84 bits per heavy atom. The summed E-state index contributed by atoms with van der Waals surface area (Å²) in [6, 6.07) is 8.15. The predicted molar refractivity (Wildman–Crippen MR) is 78.5 cm³/mol. The van der Waals surface area contributed by atoms with E-state index in [-0.39, 0.29) is 0 Å². The van der Waals surface area contributed by atoms with Crippen LogP contribution in [0.15, 0.2) is 18.2 Å². The minimum atomic E-state index is 0.457. The molecule has 0 amide bonds. The monoisotopic (exact) mass is 259 g/mol. The number of nitrogens with one attached hydrogen (secondary N) is 1. The topological polar surface area (TPSA) is 21.3 Å². The lowest BCUT2D eigenvalue weighted by atomic mass is 9.88. The molecule has 0 saturated heterocycles. The van der Waals surface area contributed by atoms with Gasteiger partial charge in [-0.05, 0) is 62.6 Å². The number of rotatable bonds is 5. The van der Waals surface area contributed by atoms with Crippen molar-refractivity contribution in [3.63, 3.8) is 0 Å². The van der Waals surface area contributed by atoms with Gasteiger partial charge in [-0.15, -0.1) is 0 Å². The van der Waals surface area contributed by atoms with Crippen LogP contribution in [-0.2, 0) is 17.6 Å². The second kappa shape index (κ2) is 5.64. The molecule has 1 unspecified atom stereocenters. The first-order chi connectivity index (χ1) is 9.26. The first-order valence-electron chi connectivity index (χ1n) is 7.75. The molecule has 1 aromatic rings. The van der Waals surface area contributed by atoms with Crippen molar-refractivity contribution < 1.29 is 4.74 Å². The summed E-state index contributed by atoms with van der Waals surface area (Å²) in [6.07, 6.45) is 6.71. The van der Waals surface area contributed by atoms with Gasteiger partial charge in [0.2, 0.25) is 0 Å². The molecule has 2 nitrogen and oxygen atoms in total. The largest absolute Gasteiger partial charge is 0.378 e. The number of ether oxygens (including phenoxy) is 1. The number of aryl methyl sites for hydroxylation is 2. The molecular weight excluding hydrogens is 234 g/mol. The van der Waals surface area contributed by atoms with Crippen LogP contribution in [0.25, 0.3) is 0 Å². The fourth-order valence-corrected chi connectivity index (χ4v) is 3.38. The standard InChI is InChI=1S/C17H25NO/c1-3-19-17-10-16(11-17)18-12(2)14-8-7-13-5-4-6-15(13)9-14/h7-9,12,16-18H,3-6,10-11H2,1-2H3. The Kier molecular flexibility index (Phi) is 3.90. The van der Waals surface area contributed by atoms with Gasteiger partial charge >= 0.3 is 0 Å². The van der Waals surface area contributed by atoms with E-state index in [1.807, 2.05) is 0 Å². The van der Waals surface area contributed by atoms with E-state index < -0.39 is 0 Å². The van der Waals surface area contributed by atoms with Crippen molar-refractivity contribution in [3.05, 3.63) is 34.9 Å². The number of fused-ring (bicyclic) bond motifs is 1. The fourth-order valence-electron chi connectivity index (χ4n) is 3.38. The van der Waals surface area contributed by atoms with Crippen LogP contribution in [0.3, 0.4) is 0 Å². The van der Waals surface area contributed by atoms with E-state index in [1.165, 1.54) is 37.7 Å². The van der Waals surface area contributed by atoms with E-state index >= 15 is 0 Å². The Labute approximate surface area is 116 Å². The summed E-state index contributed by atoms with van der Waals surface area (Å²) in [5.74, 6) is 0. The third-order valence-electron chi connectivity index (χ3n) is 4.61. The molecule has 2 heteroatoms. The minimum Gasteiger partial charge on any atom is -0.378 e. The lowest BCUT2D eigenvalue weighted by Crippen LogP contribution is -2.46. The van der Waals surface area contributed by atoms with Crippen LogP contribution >= 0.6 is 0 Å². The van der Waals surface area contributed by atoms with Gasteiger partial charge in [-0.3, -0.25) is 0 Å². The molecule has 3 rings (SSSR count). The lowest BCUT2D eigenvalue weighted by molar-refractivity contribution is -0.0120. The van der Waals surface area contributed by atoms with Crippen LogP contribution in [0.2, 0.25) is 0 Å². The molecule has 1 atom stereocenters. The molecule has 0 spiro atoms. The highest BCUT2D eigenvalue weighted by Crippen LogP contribution is 2.28. The highest BCUT2D eigenvalue weighted by Gasteiger charge is 2.30. The Morgan fingerprint density at radius 1 is 1.26 bits per heavy atom. The van der Waals surface area contributed by atoms with Gasteiger partial charge in [0.1, 0.15) is 0 Å². The zero-order valence-corrected chi connectivity index (χ0v) is 12.1. The normalized spacial score (nSPS) is 26.8. The Hall–Kier alpha value is -0.860. The van der Waals surface area contributed by atoms with Crippen molar-refractivity contribution in [2.24, 2.45) is 0 Å². The highest BCUT2D eigenvalue weighted by atomic mass is 16.5. The van der Waals surface area contributed by atoms with Crippen molar-refractivity contribution in [3.8, 4) is 0 Å². The number of hydrogen-bond donors (Lipinski definition) is 1. The zero-order chi connectivity index (χ0) is 13.2. The van der Waals surface area contributed by atoms with Crippen molar-refractivity contribution in [2.75, 3.05) is 6.61 Å². The number of hydrogen-bond acceptors (Lipinski definition) is 2. The van der Waals surface area contributed by atoms with Crippen LogP contribution in [-0.4, -0.2) is 18.8 Å². The van der Waals surface area contributed by atoms with Gasteiger partial charge in [-0.2, -0.15) is 0 Å². The van der Waals surface area contributed by atoms with Crippen LogP contribution in [0, 0.1) is 0 Å². The van der Waals surface area contributed by atoms with Gasteiger partial charge in [0.05, 0.1) is 6.10 Å². The first-order valence-corrected chi connectivity index (χ1v) is 7.75. The lowest BCUT2D eigenvalue weighted by Gasteiger charge is -2.37. The molecule has 19 heavy (non-hydrogen) atoms. The van der Waals surface area contributed by atoms with E-state index in [4.69, 9.17) is 4.74 Å². The van der Waals surface area contributed by atoms with Gasteiger partial charge in [0.15, 0.2) is 0 Å². The molecule has 0 aliphatic heterocycles. The molecule has 0 bridgehead atoms. The second-order valence-electron chi connectivity index (χ2n) is 6.02. The third-order valence-corrected chi connectivity index (χ3v) is 4.61. The maximum atomic E-state index is 5.62. The molecule has 2 aliphatic rings. The smallest absolute Gasteiger partial charge is 0.0604 e. The van der Waals surface area contributed by atoms with E-state index in [2.05, 4.69) is 37.4 Å². The van der Waals surface area contributed by atoms with Crippen molar-refractivity contribution in [1.82, 2.24) is 5.32 Å². The van der Waals surface area contributed by atoms with Crippen molar-refractivity contribution in [2.45, 2.75) is 64.1 Å². The fraction of sp³-hybridized carbons (Fsp3) is 0.647. The molecule has 104 valence electrons. The van der Waals surface area contributed by atoms with Crippen LogP contribution < -0.4 is 5.32 Å². The summed E-state index contributed by atoms with van der Waals surface area (Å²) >= 11 is 0. The summed E-state index contributed by atoms with van der Waals surface area (Å²) in [5.41, 5.74) is 4.59. The molecule has 1 N–H and O–H groups in total. The molecule has 0 radical (unpaired) electrons. The summed E-state index contributed by atoms with van der Waals surface area (Å²) in [4.78, 5) is 0. The average Bonchev–Trinajstić information content (AvgIpc) is 2.83. The SMILES string of the molecule is CCOC1CC(NC(C)c2ccc3c(c2)CCC3)C1. The van der Waals surface area contributed by atoms with Gasteiger partial charge in [-0.25, -0.2) is 0 Å². The van der Waals surface area contributed by atoms with Crippen LogP contribution in [0.4, 0.5) is 0 Å². The average molecular weight is 259 g/mol. The second-order valence-corrected chi connectivity index (χ2v) is 6.02. The molecule has 1 aromatic carbocycles. The van der Waals surface area contributed by atoms with E-state index in [9.17, 15) is 0 Å². The zero-order valence-electron chi connectivity index (χ0n) is 12.1. The molecule has 2 aliphatic carbocycles. The van der Waals surface area contributed by atoms with E-state index in [1.54, 1.807) is 11.1 Å². The first kappa shape index (κ1) is 13.1. The molecular formula is C17H25NO. The van der Waals surface area contributed by atoms with Crippen LogP contribution in [0.1, 0.15) is 55.8 Å². The van der Waals surface area contributed by atoms with Gasteiger partial charge in [0, 0.05) is 18.7 Å². The maximum absolute atomic E-state index is 5.62. The van der Waals surface area contributed by atoms with Crippen molar-refractivity contribution >= 4 is 0 Å².